The van der Waals surface area contributed by atoms with E-state index in [1.54, 1.807) is 24.3 Å². The minimum atomic E-state index is -1.20. The van der Waals surface area contributed by atoms with Crippen molar-refractivity contribution in [3.05, 3.63) is 54.6 Å². The van der Waals surface area contributed by atoms with Crippen molar-refractivity contribution in [1.82, 2.24) is 0 Å². The standard InChI is InChI=1S/C14H11NO3/c1-2-12(16)11-8-7-9-5-3-4-6-10(9)13(11)15-14(17)18/h2-8,15H,1H2,(H,17,18). The fourth-order valence-corrected chi connectivity index (χ4v) is 1.83. The van der Waals surface area contributed by atoms with Gasteiger partial charge in [0.1, 0.15) is 0 Å². The predicted octanol–water partition coefficient (Wildman–Crippen LogP) is 3.30. The first-order valence-electron chi connectivity index (χ1n) is 5.32. The molecule has 0 aromatic heterocycles. The number of carbonyl (C=O) groups is 2. The van der Waals surface area contributed by atoms with Crippen LogP contribution in [-0.4, -0.2) is 17.0 Å². The molecule has 0 radical (unpaired) electrons. The lowest BCUT2D eigenvalue weighted by molar-refractivity contribution is 0.104. The third-order valence-corrected chi connectivity index (χ3v) is 2.61. The molecule has 2 aromatic rings. The van der Waals surface area contributed by atoms with Crippen LogP contribution in [0, 0.1) is 0 Å². The van der Waals surface area contributed by atoms with Gasteiger partial charge in [0.2, 0.25) is 0 Å². The van der Waals surface area contributed by atoms with Crippen molar-refractivity contribution in [2.24, 2.45) is 0 Å². The maximum Gasteiger partial charge on any atom is 0.409 e. The molecule has 2 N–H and O–H groups in total. The van der Waals surface area contributed by atoms with Gasteiger partial charge in [0.15, 0.2) is 5.78 Å². The van der Waals surface area contributed by atoms with Crippen LogP contribution in [0.2, 0.25) is 0 Å². The average Bonchev–Trinajstić information content (AvgIpc) is 2.37. The molecule has 0 aliphatic carbocycles. The molecule has 0 saturated heterocycles. The Labute approximate surface area is 104 Å². The fraction of sp³-hybridized carbons (Fsp3) is 0. The van der Waals surface area contributed by atoms with E-state index in [1.807, 2.05) is 12.1 Å². The van der Waals surface area contributed by atoms with Gasteiger partial charge in [0.25, 0.3) is 0 Å². The molecule has 0 heterocycles. The van der Waals surface area contributed by atoms with Crippen LogP contribution in [0.15, 0.2) is 49.1 Å². The molecule has 0 aliphatic heterocycles. The first kappa shape index (κ1) is 11.9. The summed E-state index contributed by atoms with van der Waals surface area (Å²) in [6.45, 7) is 3.41. The van der Waals surface area contributed by atoms with Crippen LogP contribution in [0.1, 0.15) is 10.4 Å². The number of hydrogen-bond donors (Lipinski definition) is 2. The maximum atomic E-state index is 11.7. The summed E-state index contributed by atoms with van der Waals surface area (Å²) >= 11 is 0. The molecule has 4 heteroatoms. The van der Waals surface area contributed by atoms with Crippen LogP contribution in [0.4, 0.5) is 10.5 Å². The summed E-state index contributed by atoms with van der Waals surface area (Å²) in [5.74, 6) is -0.315. The van der Waals surface area contributed by atoms with Gasteiger partial charge in [-0.3, -0.25) is 10.1 Å². The molecular formula is C14H11NO3. The third kappa shape index (κ3) is 2.08. The highest BCUT2D eigenvalue weighted by Gasteiger charge is 2.13. The number of fused-ring (bicyclic) bond motifs is 1. The van der Waals surface area contributed by atoms with Gasteiger partial charge < -0.3 is 5.11 Å². The Bertz CT molecular complexity index is 647. The number of allylic oxidation sites excluding steroid dienone is 1. The first-order valence-corrected chi connectivity index (χ1v) is 5.32. The number of amides is 1. The maximum absolute atomic E-state index is 11.7. The predicted molar refractivity (Wildman–Crippen MR) is 70.1 cm³/mol. The van der Waals surface area contributed by atoms with E-state index in [0.717, 1.165) is 11.5 Å². The Morgan fingerprint density at radius 1 is 1.17 bits per heavy atom. The van der Waals surface area contributed by atoms with E-state index >= 15 is 0 Å². The molecule has 18 heavy (non-hydrogen) atoms. The first-order chi connectivity index (χ1) is 8.63. The highest BCUT2D eigenvalue weighted by Crippen LogP contribution is 2.28. The molecule has 0 fully saturated rings. The van der Waals surface area contributed by atoms with Gasteiger partial charge in [-0.15, -0.1) is 0 Å². The second kappa shape index (κ2) is 4.71. The molecule has 2 aromatic carbocycles. The van der Waals surface area contributed by atoms with Crippen molar-refractivity contribution >= 4 is 28.3 Å². The van der Waals surface area contributed by atoms with Crippen LogP contribution < -0.4 is 5.32 Å². The topological polar surface area (TPSA) is 66.4 Å². The van der Waals surface area contributed by atoms with Crippen molar-refractivity contribution in [3.63, 3.8) is 0 Å². The second-order valence-corrected chi connectivity index (χ2v) is 3.71. The van der Waals surface area contributed by atoms with Crippen LogP contribution in [0.25, 0.3) is 10.8 Å². The largest absolute Gasteiger partial charge is 0.465 e. The average molecular weight is 241 g/mol. The lowest BCUT2D eigenvalue weighted by Crippen LogP contribution is -2.11. The minimum absolute atomic E-state index is 0.297. The number of hydrogen-bond acceptors (Lipinski definition) is 2. The smallest absolute Gasteiger partial charge is 0.409 e. The lowest BCUT2D eigenvalue weighted by atomic mass is 10.0. The zero-order valence-corrected chi connectivity index (χ0v) is 9.51. The monoisotopic (exact) mass is 241 g/mol. The molecule has 2 rings (SSSR count). The van der Waals surface area contributed by atoms with Crippen LogP contribution >= 0.6 is 0 Å². The van der Waals surface area contributed by atoms with E-state index in [0.29, 0.717) is 16.6 Å². The van der Waals surface area contributed by atoms with Crippen LogP contribution in [-0.2, 0) is 0 Å². The van der Waals surface area contributed by atoms with Gasteiger partial charge in [-0.1, -0.05) is 36.9 Å². The summed E-state index contributed by atoms with van der Waals surface area (Å²) in [4.78, 5) is 22.5. The zero-order chi connectivity index (χ0) is 13.1. The highest BCUT2D eigenvalue weighted by molar-refractivity contribution is 6.15. The molecule has 0 aliphatic rings. The third-order valence-electron chi connectivity index (χ3n) is 2.61. The number of ketones is 1. The van der Waals surface area contributed by atoms with E-state index in [1.165, 1.54) is 0 Å². The molecule has 0 saturated carbocycles. The molecular weight excluding hydrogens is 230 g/mol. The van der Waals surface area contributed by atoms with Crippen molar-refractivity contribution < 1.29 is 14.7 Å². The molecule has 1 amide bonds. The zero-order valence-electron chi connectivity index (χ0n) is 9.51. The Kier molecular flexibility index (Phi) is 3.10. The van der Waals surface area contributed by atoms with Crippen molar-refractivity contribution in [2.45, 2.75) is 0 Å². The number of rotatable bonds is 3. The van der Waals surface area contributed by atoms with Gasteiger partial charge in [0, 0.05) is 10.9 Å². The van der Waals surface area contributed by atoms with E-state index in [-0.39, 0.29) is 5.78 Å². The fourth-order valence-electron chi connectivity index (χ4n) is 1.83. The summed E-state index contributed by atoms with van der Waals surface area (Å²) in [5.41, 5.74) is 0.594. The lowest BCUT2D eigenvalue weighted by Gasteiger charge is -2.10. The summed E-state index contributed by atoms with van der Waals surface area (Å²) < 4.78 is 0. The van der Waals surface area contributed by atoms with Gasteiger partial charge in [-0.2, -0.15) is 0 Å². The summed E-state index contributed by atoms with van der Waals surface area (Å²) in [7, 11) is 0. The SMILES string of the molecule is C=CC(=O)c1ccc2ccccc2c1NC(=O)O. The number of anilines is 1. The van der Waals surface area contributed by atoms with Crippen LogP contribution in [0.5, 0.6) is 0 Å². The molecule has 4 nitrogen and oxygen atoms in total. The Morgan fingerprint density at radius 2 is 1.89 bits per heavy atom. The molecule has 0 atom stereocenters. The van der Waals surface area contributed by atoms with Gasteiger partial charge >= 0.3 is 6.09 Å². The Morgan fingerprint density at radius 3 is 2.56 bits per heavy atom. The minimum Gasteiger partial charge on any atom is -0.465 e. The Hall–Kier alpha value is -2.62. The van der Waals surface area contributed by atoms with Gasteiger partial charge in [0.05, 0.1) is 5.69 Å². The van der Waals surface area contributed by atoms with E-state index in [4.69, 9.17) is 5.11 Å². The van der Waals surface area contributed by atoms with E-state index in [9.17, 15) is 9.59 Å². The molecule has 0 spiro atoms. The number of carboxylic acid groups (broad SMARTS) is 1. The molecule has 0 bridgehead atoms. The summed E-state index contributed by atoms with van der Waals surface area (Å²) in [6.07, 6.45) is -0.0404. The number of benzene rings is 2. The second-order valence-electron chi connectivity index (χ2n) is 3.71. The van der Waals surface area contributed by atoms with Gasteiger partial charge in [-0.05, 0) is 17.5 Å². The highest BCUT2D eigenvalue weighted by atomic mass is 16.4. The van der Waals surface area contributed by atoms with Crippen molar-refractivity contribution in [2.75, 3.05) is 5.32 Å². The Balaban J connectivity index is 2.74. The van der Waals surface area contributed by atoms with Crippen molar-refractivity contribution in [3.8, 4) is 0 Å². The van der Waals surface area contributed by atoms with E-state index in [2.05, 4.69) is 11.9 Å². The summed E-state index contributed by atoms with van der Waals surface area (Å²) in [5, 5.41) is 12.7. The normalized spacial score (nSPS) is 10.0. The molecule has 90 valence electrons. The number of nitrogens with one attached hydrogen (secondary N) is 1. The van der Waals surface area contributed by atoms with Gasteiger partial charge in [-0.25, -0.2) is 4.79 Å². The van der Waals surface area contributed by atoms with Crippen molar-refractivity contribution in [1.29, 1.82) is 0 Å². The number of carbonyl (C=O) groups excluding carboxylic acids is 1. The van der Waals surface area contributed by atoms with E-state index < -0.39 is 6.09 Å². The summed E-state index contributed by atoms with van der Waals surface area (Å²) in [6, 6.07) is 10.6. The molecule has 0 unspecified atom stereocenters. The van der Waals surface area contributed by atoms with Crippen LogP contribution in [0.3, 0.4) is 0 Å². The quantitative estimate of drug-likeness (QED) is 0.640.